The molecule has 8 nitrogen and oxygen atoms in total. The van der Waals surface area contributed by atoms with Crippen LogP contribution >= 0.6 is 22.9 Å². The molecule has 2 unspecified atom stereocenters. The SMILES string of the molecule is O=S(=O)(NN(c1ncc(F)s1)C(F)CCC(Cl)NC[C@H]1C[C@H](O)CN1)c1ccccc1. The third-order valence-electron chi connectivity index (χ3n) is 4.67. The molecule has 2 heterocycles. The van der Waals surface area contributed by atoms with Gasteiger partial charge in [-0.1, -0.05) is 29.5 Å². The smallest absolute Gasteiger partial charge is 0.257 e. The molecule has 2 aromatic rings. The van der Waals surface area contributed by atoms with Crippen LogP contribution in [0.4, 0.5) is 13.9 Å². The number of anilines is 1. The van der Waals surface area contributed by atoms with Crippen molar-refractivity contribution in [1.29, 1.82) is 0 Å². The maximum Gasteiger partial charge on any atom is 0.257 e. The molecular formula is C18H24ClF2N5O3S2. The molecule has 4 atom stereocenters. The Morgan fingerprint density at radius 3 is 2.71 bits per heavy atom. The fourth-order valence-electron chi connectivity index (χ4n) is 3.09. The van der Waals surface area contributed by atoms with Crippen molar-refractivity contribution in [2.75, 3.05) is 18.1 Å². The summed E-state index contributed by atoms with van der Waals surface area (Å²) in [6, 6.07) is 7.53. The van der Waals surface area contributed by atoms with Crippen molar-refractivity contribution in [1.82, 2.24) is 20.4 Å². The lowest BCUT2D eigenvalue weighted by Crippen LogP contribution is -2.47. The average Bonchev–Trinajstić information content (AvgIpc) is 3.37. The first-order chi connectivity index (χ1) is 14.7. The van der Waals surface area contributed by atoms with E-state index in [1.54, 1.807) is 6.07 Å². The van der Waals surface area contributed by atoms with E-state index in [1.165, 1.54) is 24.3 Å². The van der Waals surface area contributed by atoms with Crippen LogP contribution in [0, 0.1) is 5.13 Å². The van der Waals surface area contributed by atoms with Crippen molar-refractivity contribution in [3.05, 3.63) is 41.7 Å². The summed E-state index contributed by atoms with van der Waals surface area (Å²) in [6.45, 7) is 1.02. The van der Waals surface area contributed by atoms with E-state index in [9.17, 15) is 17.9 Å². The number of hydrazine groups is 1. The minimum absolute atomic E-state index is 0.0626. The Balaban J connectivity index is 1.61. The van der Waals surface area contributed by atoms with Gasteiger partial charge in [-0.3, -0.25) is 5.32 Å². The molecular weight excluding hydrogens is 472 g/mol. The quantitative estimate of drug-likeness (QED) is 0.214. The number of hydrogen-bond acceptors (Lipinski definition) is 8. The van der Waals surface area contributed by atoms with E-state index < -0.39 is 27.0 Å². The number of hydrogen-bond donors (Lipinski definition) is 4. The van der Waals surface area contributed by atoms with Crippen LogP contribution in [-0.2, 0) is 10.0 Å². The molecule has 0 radical (unpaired) electrons. The maximum absolute atomic E-state index is 15.1. The zero-order valence-electron chi connectivity index (χ0n) is 16.4. The molecule has 31 heavy (non-hydrogen) atoms. The molecule has 0 amide bonds. The van der Waals surface area contributed by atoms with E-state index in [0.717, 1.165) is 6.20 Å². The highest BCUT2D eigenvalue weighted by Crippen LogP contribution is 2.25. The summed E-state index contributed by atoms with van der Waals surface area (Å²) in [4.78, 5) is 5.85. The third-order valence-corrected chi connectivity index (χ3v) is 7.15. The summed E-state index contributed by atoms with van der Waals surface area (Å²) >= 11 is 6.75. The molecule has 0 aliphatic carbocycles. The highest BCUT2D eigenvalue weighted by molar-refractivity contribution is 7.89. The van der Waals surface area contributed by atoms with Gasteiger partial charge in [-0.2, -0.15) is 4.39 Å². The number of aromatic nitrogens is 1. The second kappa shape index (κ2) is 10.9. The Morgan fingerprint density at radius 2 is 2.10 bits per heavy atom. The van der Waals surface area contributed by atoms with Crippen molar-refractivity contribution in [2.45, 2.75) is 48.1 Å². The van der Waals surface area contributed by atoms with Gasteiger partial charge in [0.2, 0.25) is 5.13 Å². The molecule has 1 aliphatic rings. The molecule has 0 spiro atoms. The van der Waals surface area contributed by atoms with Crippen LogP contribution in [0.5, 0.6) is 0 Å². The number of alkyl halides is 2. The minimum Gasteiger partial charge on any atom is -0.392 e. The lowest BCUT2D eigenvalue weighted by molar-refractivity contribution is 0.193. The molecule has 1 saturated heterocycles. The van der Waals surface area contributed by atoms with E-state index in [-0.39, 0.29) is 35.0 Å². The molecule has 0 bridgehead atoms. The van der Waals surface area contributed by atoms with Gasteiger partial charge in [0.15, 0.2) is 11.4 Å². The Labute approximate surface area is 188 Å². The fraction of sp³-hybridized carbons (Fsp3) is 0.500. The summed E-state index contributed by atoms with van der Waals surface area (Å²) in [7, 11) is -4.11. The molecule has 0 saturated carbocycles. The molecule has 172 valence electrons. The highest BCUT2D eigenvalue weighted by atomic mass is 35.5. The van der Waals surface area contributed by atoms with Gasteiger partial charge in [0, 0.05) is 25.6 Å². The Hall–Kier alpha value is -1.41. The minimum atomic E-state index is -4.11. The number of thiazole rings is 1. The van der Waals surface area contributed by atoms with Gasteiger partial charge in [-0.15, -0.1) is 16.4 Å². The number of β-amino-alcohol motifs (C(OH)–C–C–N with tert-alkyl or cyclic N) is 1. The second-order valence-electron chi connectivity index (χ2n) is 7.11. The van der Waals surface area contributed by atoms with Crippen LogP contribution in [0.15, 0.2) is 41.4 Å². The van der Waals surface area contributed by atoms with Crippen molar-refractivity contribution in [3.8, 4) is 0 Å². The number of rotatable bonds is 11. The molecule has 1 aliphatic heterocycles. The predicted octanol–water partition coefficient (Wildman–Crippen LogP) is 1.94. The molecule has 13 heteroatoms. The van der Waals surface area contributed by atoms with Crippen molar-refractivity contribution < 1.29 is 22.3 Å². The first-order valence-corrected chi connectivity index (χ1v) is 12.4. The third kappa shape index (κ3) is 7.04. The Kier molecular flexibility index (Phi) is 8.56. The topological polar surface area (TPSA) is 107 Å². The Bertz CT molecular complexity index is 937. The monoisotopic (exact) mass is 495 g/mol. The molecule has 1 fully saturated rings. The first kappa shape index (κ1) is 24.2. The van der Waals surface area contributed by atoms with Crippen molar-refractivity contribution in [2.24, 2.45) is 0 Å². The summed E-state index contributed by atoms with van der Waals surface area (Å²) in [6.07, 6.45) is -0.687. The highest BCUT2D eigenvalue weighted by Gasteiger charge is 2.28. The van der Waals surface area contributed by atoms with E-state index >= 15 is 4.39 Å². The van der Waals surface area contributed by atoms with Gasteiger partial charge in [0.25, 0.3) is 10.0 Å². The van der Waals surface area contributed by atoms with Crippen LogP contribution < -0.4 is 20.5 Å². The van der Waals surface area contributed by atoms with Crippen molar-refractivity contribution in [3.63, 3.8) is 0 Å². The second-order valence-corrected chi connectivity index (χ2v) is 10.3. The summed E-state index contributed by atoms with van der Waals surface area (Å²) in [5.74, 6) is 0. The lowest BCUT2D eigenvalue weighted by Gasteiger charge is -2.26. The van der Waals surface area contributed by atoms with Gasteiger partial charge in [-0.25, -0.2) is 22.8 Å². The normalized spacial score (nSPS) is 21.2. The van der Waals surface area contributed by atoms with Crippen LogP contribution in [0.1, 0.15) is 19.3 Å². The number of nitrogens with zero attached hydrogens (tertiary/aromatic N) is 2. The van der Waals surface area contributed by atoms with Crippen LogP contribution in [-0.4, -0.2) is 55.5 Å². The number of sulfonamides is 1. The van der Waals surface area contributed by atoms with Crippen LogP contribution in [0.3, 0.4) is 0 Å². The molecule has 4 N–H and O–H groups in total. The van der Waals surface area contributed by atoms with Gasteiger partial charge in [0.1, 0.15) is 0 Å². The Morgan fingerprint density at radius 1 is 1.35 bits per heavy atom. The van der Waals surface area contributed by atoms with Gasteiger partial charge in [0.05, 0.1) is 22.7 Å². The van der Waals surface area contributed by atoms with Crippen LogP contribution in [0.2, 0.25) is 0 Å². The number of benzene rings is 1. The number of nitrogens with one attached hydrogen (secondary N) is 3. The zero-order valence-corrected chi connectivity index (χ0v) is 18.8. The average molecular weight is 496 g/mol. The molecule has 1 aromatic carbocycles. The van der Waals surface area contributed by atoms with Crippen molar-refractivity contribution >= 4 is 38.1 Å². The largest absolute Gasteiger partial charge is 0.392 e. The maximum atomic E-state index is 15.1. The van der Waals surface area contributed by atoms with E-state index in [2.05, 4.69) is 20.4 Å². The molecule has 1 aromatic heterocycles. The summed E-state index contributed by atoms with van der Waals surface area (Å²) in [5.41, 5.74) is -0.571. The van der Waals surface area contributed by atoms with Gasteiger partial charge in [-0.05, 0) is 25.0 Å². The lowest BCUT2D eigenvalue weighted by atomic mass is 10.2. The van der Waals surface area contributed by atoms with Crippen LogP contribution in [0.25, 0.3) is 0 Å². The molecule has 3 rings (SSSR count). The standard InChI is InChI=1S/C18H24ClF2N5O3S2/c19-15(23-9-12-8-13(27)10-22-12)6-7-16(20)26(18-24-11-17(21)30-18)25-31(28,29)14-4-2-1-3-5-14/h1-5,11-13,15-16,22-23,25,27H,6-10H2/t12-,13+,15?,16?/m1/s1. The summed E-state index contributed by atoms with van der Waals surface area (Å²) < 4.78 is 53.8. The van der Waals surface area contributed by atoms with E-state index in [1.807, 2.05) is 0 Å². The van der Waals surface area contributed by atoms with E-state index in [4.69, 9.17) is 11.6 Å². The van der Waals surface area contributed by atoms with Gasteiger partial charge < -0.3 is 10.4 Å². The van der Waals surface area contributed by atoms with E-state index in [0.29, 0.717) is 35.9 Å². The fourth-order valence-corrected chi connectivity index (χ4v) is 5.09. The number of aliphatic hydroxyl groups is 1. The van der Waals surface area contributed by atoms with Gasteiger partial charge >= 0.3 is 0 Å². The first-order valence-electron chi connectivity index (χ1n) is 9.65. The predicted molar refractivity (Wildman–Crippen MR) is 116 cm³/mol. The number of halogens is 3. The summed E-state index contributed by atoms with van der Waals surface area (Å²) in [5, 5.41) is 15.6. The zero-order chi connectivity index (χ0) is 22.4. The number of aliphatic hydroxyl groups excluding tert-OH is 1.